The molecule has 0 amide bonds. The fraction of sp³-hybridized carbons (Fsp3) is 0.250. The fourth-order valence-corrected chi connectivity index (χ4v) is 13.6. The standard InChI is InChI=1S/C44H32P2.C8H12.2C6H14N.2Li/c1-5-19-35(20-6-1)45(36-21-7-2-8-22-36)41-31-29-33-17-13-15-27-39(33)43(41)44-40-28-16-14-18-34(40)30-32-42(44)46(37-23-9-3-10-24-37)38-25-11-4-12-26-38;1-2-4-6-8-7-5-3-1;2*1-5(2)7-6(3)4;;/h1-32H;1-4H,5-8H2;2*5-6H,1-4H3;;/q;;2*-1;2*+1. The Morgan fingerprint density at radius 1 is 0.329 bits per heavy atom. The average molecular weight is 945 g/mol. The number of hydrogen-bond donors (Lipinski definition) is 0. The molecular formula is C64H72Li2N2P2. The predicted molar refractivity (Wildman–Crippen MR) is 308 cm³/mol. The quantitative estimate of drug-likeness (QED) is 0.0913. The summed E-state index contributed by atoms with van der Waals surface area (Å²) in [6.45, 7) is 16.8. The van der Waals surface area contributed by atoms with Crippen LogP contribution in [-0.4, -0.2) is 24.2 Å². The number of nitrogens with zero attached hydrogens (tertiary/aromatic N) is 2. The zero-order valence-corrected chi connectivity index (χ0v) is 45.5. The van der Waals surface area contributed by atoms with Gasteiger partial charge < -0.3 is 10.6 Å². The molecule has 0 saturated carbocycles. The molecule has 9 rings (SSSR count). The van der Waals surface area contributed by atoms with Gasteiger partial charge in [-0.15, -0.1) is 24.2 Å². The third-order valence-corrected chi connectivity index (χ3v) is 16.1. The van der Waals surface area contributed by atoms with E-state index in [4.69, 9.17) is 0 Å². The summed E-state index contributed by atoms with van der Waals surface area (Å²) < 4.78 is 0. The summed E-state index contributed by atoms with van der Waals surface area (Å²) >= 11 is 0. The Morgan fingerprint density at radius 2 is 0.600 bits per heavy atom. The molecule has 0 unspecified atom stereocenters. The Balaban J connectivity index is 0.000000369. The summed E-state index contributed by atoms with van der Waals surface area (Å²) in [6.07, 6.45) is 14.0. The van der Waals surface area contributed by atoms with E-state index in [1.54, 1.807) is 0 Å². The van der Waals surface area contributed by atoms with Gasteiger partial charge in [-0.25, -0.2) is 0 Å². The van der Waals surface area contributed by atoms with Crippen LogP contribution < -0.4 is 69.5 Å². The molecule has 70 heavy (non-hydrogen) atoms. The first-order valence-electron chi connectivity index (χ1n) is 24.7. The van der Waals surface area contributed by atoms with E-state index in [1.807, 2.05) is 0 Å². The SMILES string of the molecule is C1=CCCCCC=C1.CC(C)[N-]C(C)C.CC(C)[N-]C(C)C.[Li+].[Li+].c1ccc(P(c2ccccc2)c2ccc3ccccc3c2-c2c(P(c3ccccc3)c3ccccc3)ccc3ccccc23)cc1. The molecule has 0 bridgehead atoms. The number of hydrogen-bond acceptors (Lipinski definition) is 0. The third-order valence-electron chi connectivity index (χ3n) is 11.2. The van der Waals surface area contributed by atoms with Gasteiger partial charge in [-0.3, -0.25) is 0 Å². The molecule has 0 heterocycles. The molecule has 0 aliphatic heterocycles. The minimum Gasteiger partial charge on any atom is -0.658 e. The van der Waals surface area contributed by atoms with Gasteiger partial charge in [0.1, 0.15) is 0 Å². The maximum absolute atomic E-state index is 4.28. The number of rotatable bonds is 11. The zero-order valence-electron chi connectivity index (χ0n) is 43.7. The van der Waals surface area contributed by atoms with Crippen molar-refractivity contribution in [2.24, 2.45) is 0 Å². The molecule has 8 aromatic rings. The van der Waals surface area contributed by atoms with Crippen LogP contribution in [0.2, 0.25) is 0 Å². The van der Waals surface area contributed by atoms with Crippen molar-refractivity contribution in [1.82, 2.24) is 0 Å². The monoisotopic (exact) mass is 945 g/mol. The molecule has 0 spiro atoms. The summed E-state index contributed by atoms with van der Waals surface area (Å²) in [7, 11) is -1.70. The van der Waals surface area contributed by atoms with Crippen molar-refractivity contribution in [2.45, 2.75) is 105 Å². The number of benzene rings is 8. The summed E-state index contributed by atoms with van der Waals surface area (Å²) in [6, 6.07) is 73.8. The topological polar surface area (TPSA) is 28.2 Å². The van der Waals surface area contributed by atoms with Crippen LogP contribution in [0.5, 0.6) is 0 Å². The van der Waals surface area contributed by atoms with E-state index >= 15 is 0 Å². The van der Waals surface area contributed by atoms with Crippen LogP contribution in [0.1, 0.15) is 81.1 Å². The van der Waals surface area contributed by atoms with Crippen LogP contribution in [-0.2, 0) is 0 Å². The van der Waals surface area contributed by atoms with Crippen LogP contribution in [0.25, 0.3) is 43.3 Å². The number of fused-ring (bicyclic) bond motifs is 2. The van der Waals surface area contributed by atoms with Crippen molar-refractivity contribution in [3.05, 3.63) is 229 Å². The molecule has 350 valence electrons. The molecule has 0 radical (unpaired) electrons. The second-order valence-corrected chi connectivity index (χ2v) is 22.6. The zero-order chi connectivity index (χ0) is 48.1. The summed E-state index contributed by atoms with van der Waals surface area (Å²) in [5, 5.41) is 21.9. The van der Waals surface area contributed by atoms with Gasteiger partial charge in [-0.05, 0) is 106 Å². The Bertz CT molecular complexity index is 2470. The normalized spacial score (nSPS) is 12.0. The van der Waals surface area contributed by atoms with Gasteiger partial charge in [0.15, 0.2) is 0 Å². The molecule has 2 nitrogen and oxygen atoms in total. The van der Waals surface area contributed by atoms with E-state index in [2.05, 4.69) is 284 Å². The van der Waals surface area contributed by atoms with Gasteiger partial charge in [-0.2, -0.15) is 0 Å². The van der Waals surface area contributed by atoms with Crippen LogP contribution in [0.4, 0.5) is 0 Å². The van der Waals surface area contributed by atoms with Crippen LogP contribution in [0, 0.1) is 0 Å². The van der Waals surface area contributed by atoms with Crippen LogP contribution in [0.3, 0.4) is 0 Å². The Morgan fingerprint density at radius 3 is 0.871 bits per heavy atom. The molecule has 0 N–H and O–H groups in total. The van der Waals surface area contributed by atoms with E-state index in [0.717, 1.165) is 0 Å². The molecule has 6 heteroatoms. The Hall–Kier alpha value is -4.27. The second kappa shape index (κ2) is 31.2. The van der Waals surface area contributed by atoms with Crippen LogP contribution in [0.15, 0.2) is 218 Å². The van der Waals surface area contributed by atoms with E-state index < -0.39 is 15.8 Å². The first kappa shape index (κ1) is 58.3. The van der Waals surface area contributed by atoms with Gasteiger partial charge in [0.05, 0.1) is 0 Å². The first-order chi connectivity index (χ1) is 33.1. The Labute approximate surface area is 449 Å². The maximum atomic E-state index is 4.28. The van der Waals surface area contributed by atoms with Gasteiger partial charge in [0.25, 0.3) is 0 Å². The summed E-state index contributed by atoms with van der Waals surface area (Å²) in [5.74, 6) is 0. The molecule has 0 saturated heterocycles. The molecule has 0 fully saturated rings. The Kier molecular flexibility index (Phi) is 26.0. The van der Waals surface area contributed by atoms with Crippen molar-refractivity contribution in [2.75, 3.05) is 0 Å². The van der Waals surface area contributed by atoms with E-state index in [-0.39, 0.29) is 37.7 Å². The van der Waals surface area contributed by atoms with Gasteiger partial charge in [0.2, 0.25) is 0 Å². The van der Waals surface area contributed by atoms with Crippen molar-refractivity contribution in [3.8, 4) is 11.1 Å². The molecule has 0 aromatic heterocycles. The van der Waals surface area contributed by atoms with E-state index in [9.17, 15) is 0 Å². The summed E-state index contributed by atoms with van der Waals surface area (Å²) in [4.78, 5) is 0. The molecule has 0 atom stereocenters. The van der Waals surface area contributed by atoms with Gasteiger partial charge in [0, 0.05) is 0 Å². The molecular weight excluding hydrogens is 873 g/mol. The second-order valence-electron chi connectivity index (χ2n) is 18.2. The summed E-state index contributed by atoms with van der Waals surface area (Å²) in [5.41, 5.74) is 2.70. The van der Waals surface area contributed by atoms with Crippen molar-refractivity contribution >= 4 is 69.2 Å². The molecule has 1 aliphatic rings. The molecule has 8 aromatic carbocycles. The van der Waals surface area contributed by atoms with Crippen LogP contribution >= 0.6 is 15.8 Å². The van der Waals surface area contributed by atoms with E-state index in [1.165, 1.54) is 90.2 Å². The third kappa shape index (κ3) is 17.5. The smallest absolute Gasteiger partial charge is 0.658 e. The van der Waals surface area contributed by atoms with Crippen molar-refractivity contribution in [1.29, 1.82) is 0 Å². The predicted octanol–water partition coefficient (Wildman–Crippen LogP) is 10.2. The maximum Gasteiger partial charge on any atom is 1.00 e. The van der Waals surface area contributed by atoms with Crippen molar-refractivity contribution < 1.29 is 37.7 Å². The minimum atomic E-state index is -0.852. The molecule has 1 aliphatic carbocycles. The van der Waals surface area contributed by atoms with Crippen molar-refractivity contribution in [3.63, 3.8) is 0 Å². The van der Waals surface area contributed by atoms with Gasteiger partial charge >= 0.3 is 37.7 Å². The fourth-order valence-electron chi connectivity index (χ4n) is 8.65. The van der Waals surface area contributed by atoms with Gasteiger partial charge in [-0.1, -0.05) is 274 Å². The average Bonchev–Trinajstić information content (AvgIpc) is 3.33. The minimum absolute atomic E-state index is 0. The first-order valence-corrected chi connectivity index (χ1v) is 27.4. The largest absolute Gasteiger partial charge is 1.00 e. The van der Waals surface area contributed by atoms with E-state index in [0.29, 0.717) is 24.2 Å². The number of allylic oxidation sites excluding steroid dienone is 4.